The number of ether oxygens (including phenoxy) is 1. The fraction of sp³-hybridized carbons (Fsp3) is 0.615. The maximum absolute atomic E-state index is 12.6. The van der Waals surface area contributed by atoms with Gasteiger partial charge in [0.15, 0.2) is 5.16 Å². The third kappa shape index (κ3) is 2.25. The maximum Gasteiger partial charge on any atom is 0.267 e. The Bertz CT molecular complexity index is 601. The second-order valence-electron chi connectivity index (χ2n) is 5.21. The molecule has 1 aromatic heterocycles. The second kappa shape index (κ2) is 5.21. The van der Waals surface area contributed by atoms with Gasteiger partial charge in [0.1, 0.15) is 5.56 Å². The molecule has 0 aromatic carbocycles. The molecule has 1 fully saturated rings. The van der Waals surface area contributed by atoms with Gasteiger partial charge in [0.05, 0.1) is 18.8 Å². The van der Waals surface area contributed by atoms with Gasteiger partial charge in [-0.2, -0.15) is 0 Å². The first-order valence-electron chi connectivity index (χ1n) is 6.73. The van der Waals surface area contributed by atoms with Crippen LogP contribution in [0.15, 0.2) is 16.1 Å². The van der Waals surface area contributed by atoms with Gasteiger partial charge in [-0.3, -0.25) is 14.2 Å². The van der Waals surface area contributed by atoms with Gasteiger partial charge in [-0.15, -0.1) is 0 Å². The summed E-state index contributed by atoms with van der Waals surface area (Å²) in [6.45, 7) is 5.50. The molecule has 1 amide bonds. The minimum Gasteiger partial charge on any atom is -0.375 e. The van der Waals surface area contributed by atoms with Crippen molar-refractivity contribution in [3.63, 3.8) is 0 Å². The summed E-state index contributed by atoms with van der Waals surface area (Å²) in [5.41, 5.74) is -0.0615. The van der Waals surface area contributed by atoms with Crippen LogP contribution in [-0.2, 0) is 11.3 Å². The van der Waals surface area contributed by atoms with Crippen molar-refractivity contribution in [3.8, 4) is 0 Å². The van der Waals surface area contributed by atoms with Gasteiger partial charge in [-0.25, -0.2) is 4.98 Å². The number of carbonyl (C=O) groups is 1. The number of rotatable bonds is 1. The quantitative estimate of drug-likeness (QED) is 0.710. The number of thioether (sulfide) groups is 1. The van der Waals surface area contributed by atoms with Gasteiger partial charge in [-0.05, 0) is 13.8 Å². The molecule has 0 unspecified atom stereocenters. The van der Waals surface area contributed by atoms with E-state index in [4.69, 9.17) is 4.74 Å². The van der Waals surface area contributed by atoms with E-state index in [9.17, 15) is 9.59 Å². The molecule has 7 heteroatoms. The van der Waals surface area contributed by atoms with Crippen molar-refractivity contribution >= 4 is 17.7 Å². The number of fused-ring (bicyclic) bond motifs is 1. The highest BCUT2D eigenvalue weighted by Crippen LogP contribution is 2.21. The molecular formula is C13H17N3O3S. The van der Waals surface area contributed by atoms with Gasteiger partial charge in [-0.1, -0.05) is 11.8 Å². The van der Waals surface area contributed by atoms with Gasteiger partial charge in [0.25, 0.3) is 11.5 Å². The first-order valence-corrected chi connectivity index (χ1v) is 7.71. The highest BCUT2D eigenvalue weighted by Gasteiger charge is 2.30. The Morgan fingerprint density at radius 3 is 3.10 bits per heavy atom. The molecule has 0 aliphatic carbocycles. The summed E-state index contributed by atoms with van der Waals surface area (Å²) in [7, 11) is 0. The molecule has 0 spiro atoms. The normalized spacial score (nSPS) is 25.6. The molecule has 2 atom stereocenters. The van der Waals surface area contributed by atoms with E-state index in [2.05, 4.69) is 4.98 Å². The van der Waals surface area contributed by atoms with Gasteiger partial charge < -0.3 is 9.64 Å². The lowest BCUT2D eigenvalue weighted by Crippen LogP contribution is -2.51. The van der Waals surface area contributed by atoms with E-state index in [0.717, 1.165) is 5.75 Å². The Balaban J connectivity index is 1.93. The number of carbonyl (C=O) groups excluding carboxylic acids is 1. The minimum absolute atomic E-state index is 0.00385. The lowest BCUT2D eigenvalue weighted by Gasteiger charge is -2.36. The van der Waals surface area contributed by atoms with E-state index in [1.54, 1.807) is 21.2 Å². The van der Waals surface area contributed by atoms with Crippen molar-refractivity contribution in [2.24, 2.45) is 0 Å². The summed E-state index contributed by atoms with van der Waals surface area (Å²) >= 11 is 1.55. The van der Waals surface area contributed by atoms with Crippen LogP contribution in [0.3, 0.4) is 0 Å². The average Bonchev–Trinajstić information content (AvgIpc) is 2.90. The van der Waals surface area contributed by atoms with Crippen molar-refractivity contribution in [2.75, 3.05) is 18.9 Å². The molecule has 3 rings (SSSR count). The summed E-state index contributed by atoms with van der Waals surface area (Å²) in [6.07, 6.45) is 1.41. The van der Waals surface area contributed by atoms with E-state index in [-0.39, 0.29) is 29.2 Å². The fourth-order valence-electron chi connectivity index (χ4n) is 2.51. The number of hydrogen-bond acceptors (Lipinski definition) is 5. The monoisotopic (exact) mass is 295 g/mol. The van der Waals surface area contributed by atoms with Crippen molar-refractivity contribution in [3.05, 3.63) is 22.1 Å². The molecular weight excluding hydrogens is 278 g/mol. The van der Waals surface area contributed by atoms with E-state index in [1.807, 2.05) is 13.8 Å². The van der Waals surface area contributed by atoms with Crippen molar-refractivity contribution in [2.45, 2.75) is 37.7 Å². The lowest BCUT2D eigenvalue weighted by molar-refractivity contribution is -0.0388. The van der Waals surface area contributed by atoms with Crippen molar-refractivity contribution < 1.29 is 9.53 Å². The summed E-state index contributed by atoms with van der Waals surface area (Å²) in [5.74, 6) is 0.600. The van der Waals surface area contributed by atoms with Crippen LogP contribution in [0.1, 0.15) is 24.2 Å². The van der Waals surface area contributed by atoms with E-state index in [1.165, 1.54) is 6.20 Å². The van der Waals surface area contributed by atoms with Gasteiger partial charge in [0.2, 0.25) is 0 Å². The Morgan fingerprint density at radius 1 is 1.50 bits per heavy atom. The summed E-state index contributed by atoms with van der Waals surface area (Å²) in [4.78, 5) is 30.9. The van der Waals surface area contributed by atoms with Gasteiger partial charge >= 0.3 is 0 Å². The molecule has 1 saturated heterocycles. The third-order valence-electron chi connectivity index (χ3n) is 3.66. The molecule has 0 saturated carbocycles. The fourth-order valence-corrected chi connectivity index (χ4v) is 3.42. The number of nitrogens with zero attached hydrogens (tertiary/aromatic N) is 3. The Labute approximate surface area is 121 Å². The third-order valence-corrected chi connectivity index (χ3v) is 4.63. The smallest absolute Gasteiger partial charge is 0.267 e. The number of morpholine rings is 1. The van der Waals surface area contributed by atoms with Crippen molar-refractivity contribution in [1.82, 2.24) is 14.5 Å². The molecule has 0 N–H and O–H groups in total. The van der Waals surface area contributed by atoms with Crippen LogP contribution in [0, 0.1) is 0 Å². The van der Waals surface area contributed by atoms with Crippen LogP contribution in [-0.4, -0.2) is 51.4 Å². The highest BCUT2D eigenvalue weighted by molar-refractivity contribution is 7.99. The molecule has 2 aliphatic heterocycles. The SMILES string of the molecule is C[C@@H]1CN(C(=O)c2cnc3n(c2=O)CCS3)[C@H](C)CO1. The van der Waals surface area contributed by atoms with Crippen molar-refractivity contribution in [1.29, 1.82) is 0 Å². The molecule has 0 radical (unpaired) electrons. The molecule has 108 valence electrons. The number of aromatic nitrogens is 2. The first kappa shape index (κ1) is 13.6. The topological polar surface area (TPSA) is 64.4 Å². The standard InChI is InChI=1S/C13H17N3O3S/c1-8-7-19-9(2)6-16(8)12(18)10-5-14-13-15(11(10)17)3-4-20-13/h5,8-9H,3-4,6-7H2,1-2H3/t8-,9-/m1/s1. The Hall–Kier alpha value is -1.34. The maximum atomic E-state index is 12.6. The number of hydrogen-bond donors (Lipinski definition) is 0. The number of amides is 1. The van der Waals surface area contributed by atoms with E-state index >= 15 is 0 Å². The first-order chi connectivity index (χ1) is 9.58. The molecule has 20 heavy (non-hydrogen) atoms. The Morgan fingerprint density at radius 2 is 2.30 bits per heavy atom. The van der Waals surface area contributed by atoms with Crippen LogP contribution in [0.25, 0.3) is 0 Å². The van der Waals surface area contributed by atoms with Crippen LogP contribution < -0.4 is 5.56 Å². The zero-order chi connectivity index (χ0) is 14.3. The lowest BCUT2D eigenvalue weighted by atomic mass is 10.1. The molecule has 0 bridgehead atoms. The molecule has 1 aromatic rings. The zero-order valence-corrected chi connectivity index (χ0v) is 12.4. The van der Waals surface area contributed by atoms with E-state index < -0.39 is 0 Å². The average molecular weight is 295 g/mol. The van der Waals surface area contributed by atoms with Crippen LogP contribution in [0.5, 0.6) is 0 Å². The predicted molar refractivity (Wildman–Crippen MR) is 75.1 cm³/mol. The zero-order valence-electron chi connectivity index (χ0n) is 11.5. The summed E-state index contributed by atoms with van der Waals surface area (Å²) in [6, 6.07) is -0.0225. The highest BCUT2D eigenvalue weighted by atomic mass is 32.2. The van der Waals surface area contributed by atoms with Crippen LogP contribution >= 0.6 is 11.8 Å². The summed E-state index contributed by atoms with van der Waals surface area (Å²) < 4.78 is 7.10. The predicted octanol–water partition coefficient (Wildman–Crippen LogP) is 0.598. The minimum atomic E-state index is -0.239. The Kier molecular flexibility index (Phi) is 3.55. The largest absolute Gasteiger partial charge is 0.375 e. The van der Waals surface area contributed by atoms with Gasteiger partial charge in [0, 0.05) is 25.0 Å². The molecule has 2 aliphatic rings. The molecule has 3 heterocycles. The molecule has 6 nitrogen and oxygen atoms in total. The van der Waals surface area contributed by atoms with Crippen LogP contribution in [0.4, 0.5) is 0 Å². The summed E-state index contributed by atoms with van der Waals surface area (Å²) in [5, 5.41) is 0.704. The second-order valence-corrected chi connectivity index (χ2v) is 6.27. The van der Waals surface area contributed by atoms with Crippen LogP contribution in [0.2, 0.25) is 0 Å². The van der Waals surface area contributed by atoms with E-state index in [0.29, 0.717) is 24.9 Å².